The summed E-state index contributed by atoms with van der Waals surface area (Å²) >= 11 is 0. The lowest BCUT2D eigenvalue weighted by Gasteiger charge is -2.27. The molecule has 3 aliphatic rings. The van der Waals surface area contributed by atoms with E-state index in [1.54, 1.807) is 0 Å². The third kappa shape index (κ3) is 1.83. The lowest BCUT2D eigenvalue weighted by Crippen LogP contribution is -2.51. The van der Waals surface area contributed by atoms with Gasteiger partial charge in [0.05, 0.1) is 19.4 Å². The van der Waals surface area contributed by atoms with E-state index in [9.17, 15) is 15.0 Å². The van der Waals surface area contributed by atoms with Crippen LogP contribution in [0, 0.1) is 0 Å². The highest BCUT2D eigenvalue weighted by atomic mass is 31.2. The highest BCUT2D eigenvalue weighted by molar-refractivity contribution is 7.63. The van der Waals surface area contributed by atoms with E-state index in [0.29, 0.717) is 45.0 Å². The van der Waals surface area contributed by atoms with Gasteiger partial charge >= 0.3 is 0 Å². The summed E-state index contributed by atoms with van der Waals surface area (Å²) in [5, 5.41) is 20.8. The number of hydrogen-bond acceptors (Lipinski definition) is 4. The van der Waals surface area contributed by atoms with Crippen LogP contribution in [-0.4, -0.2) is 82.7 Å². The van der Waals surface area contributed by atoms with Crippen molar-refractivity contribution in [3.63, 3.8) is 0 Å². The zero-order valence-electron chi connectivity index (χ0n) is 9.46. The Labute approximate surface area is 95.1 Å². The van der Waals surface area contributed by atoms with E-state index >= 15 is 0 Å². The maximum absolute atomic E-state index is 12.8. The Morgan fingerprint density at radius 2 is 1.44 bits per heavy atom. The molecule has 2 N–H and O–H groups in total. The van der Waals surface area contributed by atoms with Gasteiger partial charge < -0.3 is 4.57 Å². The van der Waals surface area contributed by atoms with Crippen LogP contribution in [0.15, 0.2) is 0 Å². The number of hydroxylamine groups is 6. The SMILES string of the molecule is O=P12CN3CC[N+](O)(CC[N+](O)(CC3)C1)C2. The first-order valence-corrected chi connectivity index (χ1v) is 8.14. The number of fused-ring (bicyclic) bond motifs is 3. The summed E-state index contributed by atoms with van der Waals surface area (Å²) in [4.78, 5) is 2.15. The van der Waals surface area contributed by atoms with E-state index in [4.69, 9.17) is 0 Å². The second-order valence-corrected chi connectivity index (χ2v) is 8.65. The normalized spacial score (nSPS) is 56.8. The molecule has 0 aromatic heterocycles. The van der Waals surface area contributed by atoms with Crippen molar-refractivity contribution in [1.29, 1.82) is 0 Å². The molecule has 2 unspecified atom stereocenters. The predicted molar refractivity (Wildman–Crippen MR) is 57.3 cm³/mol. The average Bonchev–Trinajstić information content (AvgIpc) is 2.41. The summed E-state index contributed by atoms with van der Waals surface area (Å²) in [6.45, 7) is 3.91. The van der Waals surface area contributed by atoms with Crippen molar-refractivity contribution in [2.24, 2.45) is 0 Å². The highest BCUT2D eigenvalue weighted by Gasteiger charge is 2.53. The topological polar surface area (TPSA) is 60.8 Å². The van der Waals surface area contributed by atoms with Crippen LogP contribution in [0.1, 0.15) is 0 Å². The van der Waals surface area contributed by atoms with Crippen molar-refractivity contribution in [1.82, 2.24) is 4.90 Å². The van der Waals surface area contributed by atoms with Crippen LogP contribution in [0.3, 0.4) is 0 Å². The van der Waals surface area contributed by atoms with Crippen molar-refractivity contribution in [2.45, 2.75) is 0 Å². The molecule has 0 aliphatic carbocycles. The quantitative estimate of drug-likeness (QED) is 0.468. The fourth-order valence-corrected chi connectivity index (χ4v) is 7.01. The Morgan fingerprint density at radius 3 is 1.94 bits per heavy atom. The minimum Gasteiger partial charge on any atom is -0.310 e. The molecule has 3 aliphatic heterocycles. The first-order chi connectivity index (χ1) is 7.41. The zero-order chi connectivity index (χ0) is 11.4. The third-order valence-electron chi connectivity index (χ3n) is 4.10. The lowest BCUT2D eigenvalue weighted by molar-refractivity contribution is -1.13. The zero-order valence-corrected chi connectivity index (χ0v) is 10.3. The molecule has 92 valence electrons. The van der Waals surface area contributed by atoms with Crippen LogP contribution in [-0.2, 0) is 4.57 Å². The molecule has 2 atom stereocenters. The fourth-order valence-electron chi connectivity index (χ4n) is 3.25. The van der Waals surface area contributed by atoms with Crippen molar-refractivity contribution in [3.05, 3.63) is 0 Å². The number of quaternary nitrogens is 2. The summed E-state index contributed by atoms with van der Waals surface area (Å²) in [5.74, 6) is 0. The molecule has 0 spiro atoms. The van der Waals surface area contributed by atoms with Crippen molar-refractivity contribution >= 4 is 7.14 Å². The summed E-state index contributed by atoms with van der Waals surface area (Å²) in [6, 6.07) is 0. The molecule has 4 bridgehead atoms. The number of rotatable bonds is 0. The Kier molecular flexibility index (Phi) is 2.28. The molecule has 3 rings (SSSR count). The smallest absolute Gasteiger partial charge is 0.210 e. The van der Waals surface area contributed by atoms with Gasteiger partial charge in [-0.15, -0.1) is 0 Å². The standard InChI is InChI=1S/C9H20N3O3P/c13-11-3-1-10-2-4-12(14,6-5-11)9-16(15,7-10)8-11/h13-14H,1-9H2/q+2. The van der Waals surface area contributed by atoms with E-state index in [0.717, 1.165) is 13.1 Å². The van der Waals surface area contributed by atoms with Crippen LogP contribution in [0.25, 0.3) is 0 Å². The highest BCUT2D eigenvalue weighted by Crippen LogP contribution is 2.53. The Bertz CT molecular complexity index is 338. The van der Waals surface area contributed by atoms with E-state index in [1.807, 2.05) is 0 Å². The van der Waals surface area contributed by atoms with Crippen molar-refractivity contribution in [3.8, 4) is 0 Å². The van der Waals surface area contributed by atoms with Gasteiger partial charge in [0.2, 0.25) is 7.14 Å². The Hall–Kier alpha value is 0.0300. The molecule has 0 aromatic carbocycles. The minimum atomic E-state index is -2.46. The molecule has 16 heavy (non-hydrogen) atoms. The summed E-state index contributed by atoms with van der Waals surface area (Å²) in [6.07, 6.45) is 1.28. The first kappa shape index (κ1) is 11.1. The van der Waals surface area contributed by atoms with Gasteiger partial charge in [0, 0.05) is 0 Å². The summed E-state index contributed by atoms with van der Waals surface area (Å²) in [5.41, 5.74) is 0. The van der Waals surface area contributed by atoms with Crippen LogP contribution < -0.4 is 0 Å². The molecule has 6 nitrogen and oxygen atoms in total. The third-order valence-corrected chi connectivity index (χ3v) is 7.10. The van der Waals surface area contributed by atoms with Crippen LogP contribution in [0.5, 0.6) is 0 Å². The van der Waals surface area contributed by atoms with Gasteiger partial charge in [0.25, 0.3) is 0 Å². The molecule has 7 heteroatoms. The molecule has 0 saturated carbocycles. The number of nitrogens with zero attached hydrogens (tertiary/aromatic N) is 3. The fraction of sp³-hybridized carbons (Fsp3) is 1.00. The van der Waals surface area contributed by atoms with Crippen LogP contribution in [0.4, 0.5) is 0 Å². The van der Waals surface area contributed by atoms with E-state index in [-0.39, 0.29) is 9.29 Å². The van der Waals surface area contributed by atoms with E-state index < -0.39 is 7.14 Å². The van der Waals surface area contributed by atoms with Gasteiger partial charge in [-0.05, 0) is 0 Å². The molecule has 0 radical (unpaired) electrons. The Morgan fingerprint density at radius 1 is 0.938 bits per heavy atom. The van der Waals surface area contributed by atoms with Crippen molar-refractivity contribution in [2.75, 3.05) is 58.1 Å². The molecule has 0 amide bonds. The second kappa shape index (κ2) is 3.28. The summed E-state index contributed by atoms with van der Waals surface area (Å²) in [7, 11) is -2.46. The average molecular weight is 249 g/mol. The molecule has 3 fully saturated rings. The molecule has 0 aromatic rings. The largest absolute Gasteiger partial charge is 0.310 e. The van der Waals surface area contributed by atoms with Gasteiger partial charge in [0.1, 0.15) is 13.1 Å². The minimum absolute atomic E-state index is 0.103. The lowest BCUT2D eigenvalue weighted by atomic mass is 10.4. The van der Waals surface area contributed by atoms with Crippen molar-refractivity contribution < 1.29 is 24.3 Å². The monoisotopic (exact) mass is 249 g/mol. The van der Waals surface area contributed by atoms with Gasteiger partial charge in [-0.2, -0.15) is 9.29 Å². The van der Waals surface area contributed by atoms with Gasteiger partial charge in [0.15, 0.2) is 25.7 Å². The van der Waals surface area contributed by atoms with Gasteiger partial charge in [-0.1, -0.05) is 0 Å². The maximum Gasteiger partial charge on any atom is 0.210 e. The number of hydrogen-bond donors (Lipinski definition) is 2. The predicted octanol–water partition coefficient (Wildman–Crippen LogP) is -0.0232. The molecule has 3 heterocycles. The maximum atomic E-state index is 12.8. The summed E-state index contributed by atoms with van der Waals surface area (Å²) < 4.78 is 12.6. The van der Waals surface area contributed by atoms with Gasteiger partial charge in [-0.25, -0.2) is 10.4 Å². The Balaban J connectivity index is 2.07. The van der Waals surface area contributed by atoms with Gasteiger partial charge in [-0.3, -0.25) is 4.90 Å². The molecular weight excluding hydrogens is 229 g/mol. The second-order valence-electron chi connectivity index (χ2n) is 5.69. The first-order valence-electron chi connectivity index (χ1n) is 5.88. The van der Waals surface area contributed by atoms with E-state index in [1.165, 1.54) is 0 Å². The van der Waals surface area contributed by atoms with Crippen LogP contribution in [0.2, 0.25) is 0 Å². The van der Waals surface area contributed by atoms with Crippen LogP contribution >= 0.6 is 7.14 Å². The molecular formula is C9H20N3O3P+2. The molecule has 3 saturated heterocycles. The van der Waals surface area contributed by atoms with E-state index in [2.05, 4.69) is 4.90 Å².